The van der Waals surface area contributed by atoms with Crippen molar-refractivity contribution in [3.05, 3.63) is 35.9 Å². The topological polar surface area (TPSA) is 12.0 Å². The summed E-state index contributed by atoms with van der Waals surface area (Å²) < 4.78 is 0. The van der Waals surface area contributed by atoms with Gasteiger partial charge in [-0.25, -0.2) is 0 Å². The highest BCUT2D eigenvalue weighted by Crippen LogP contribution is 2.17. The third kappa shape index (κ3) is 2.85. The van der Waals surface area contributed by atoms with Crippen LogP contribution in [0.15, 0.2) is 30.3 Å². The van der Waals surface area contributed by atoms with Gasteiger partial charge in [-0.05, 0) is 24.9 Å². The molecular formula is C12H19N. The summed E-state index contributed by atoms with van der Waals surface area (Å²) in [5, 5.41) is 3.44. The molecule has 0 amide bonds. The SMILES string of the molecule is CCNC(C)C(C)c1ccccc1. The van der Waals surface area contributed by atoms with Gasteiger partial charge in [-0.2, -0.15) is 0 Å². The van der Waals surface area contributed by atoms with E-state index in [9.17, 15) is 0 Å². The fourth-order valence-corrected chi connectivity index (χ4v) is 1.54. The molecule has 0 aliphatic heterocycles. The molecule has 72 valence electrons. The summed E-state index contributed by atoms with van der Waals surface area (Å²) >= 11 is 0. The predicted molar refractivity (Wildman–Crippen MR) is 58.0 cm³/mol. The van der Waals surface area contributed by atoms with Gasteiger partial charge in [0.25, 0.3) is 0 Å². The molecule has 0 saturated carbocycles. The molecule has 1 heteroatoms. The molecule has 1 aromatic rings. The van der Waals surface area contributed by atoms with E-state index in [-0.39, 0.29) is 0 Å². The lowest BCUT2D eigenvalue weighted by molar-refractivity contribution is 0.495. The second-order valence-corrected chi connectivity index (χ2v) is 3.55. The molecule has 1 nitrogen and oxygen atoms in total. The van der Waals surface area contributed by atoms with Crippen molar-refractivity contribution in [2.45, 2.75) is 32.7 Å². The van der Waals surface area contributed by atoms with Crippen LogP contribution in [0.4, 0.5) is 0 Å². The summed E-state index contributed by atoms with van der Waals surface area (Å²) in [6, 6.07) is 11.2. The third-order valence-electron chi connectivity index (χ3n) is 2.60. The van der Waals surface area contributed by atoms with Gasteiger partial charge in [0.1, 0.15) is 0 Å². The summed E-state index contributed by atoms with van der Waals surface area (Å²) in [5.41, 5.74) is 1.41. The number of hydrogen-bond donors (Lipinski definition) is 1. The molecule has 0 fully saturated rings. The first-order valence-electron chi connectivity index (χ1n) is 5.04. The van der Waals surface area contributed by atoms with Crippen molar-refractivity contribution in [3.63, 3.8) is 0 Å². The Bertz CT molecular complexity index is 230. The van der Waals surface area contributed by atoms with E-state index < -0.39 is 0 Å². The van der Waals surface area contributed by atoms with Gasteiger partial charge >= 0.3 is 0 Å². The average molecular weight is 177 g/mol. The molecule has 1 aromatic carbocycles. The van der Waals surface area contributed by atoms with E-state index in [1.165, 1.54) is 5.56 Å². The zero-order valence-electron chi connectivity index (χ0n) is 8.75. The van der Waals surface area contributed by atoms with E-state index in [1.54, 1.807) is 0 Å². The largest absolute Gasteiger partial charge is 0.314 e. The maximum absolute atomic E-state index is 3.44. The first-order valence-corrected chi connectivity index (χ1v) is 5.04. The van der Waals surface area contributed by atoms with E-state index in [1.807, 2.05) is 0 Å². The van der Waals surface area contributed by atoms with Crippen molar-refractivity contribution in [1.29, 1.82) is 0 Å². The molecule has 0 spiro atoms. The Morgan fingerprint density at radius 3 is 2.31 bits per heavy atom. The van der Waals surface area contributed by atoms with Gasteiger partial charge in [0.2, 0.25) is 0 Å². The molecule has 0 bridgehead atoms. The van der Waals surface area contributed by atoms with Crippen LogP contribution in [0, 0.1) is 0 Å². The smallest absolute Gasteiger partial charge is 0.0105 e. The number of hydrogen-bond acceptors (Lipinski definition) is 1. The Balaban J connectivity index is 2.62. The summed E-state index contributed by atoms with van der Waals surface area (Å²) in [6.07, 6.45) is 0. The number of benzene rings is 1. The zero-order chi connectivity index (χ0) is 9.68. The number of likely N-dealkylation sites (N-methyl/N-ethyl adjacent to an activating group) is 1. The second kappa shape index (κ2) is 5.03. The molecule has 2 unspecified atom stereocenters. The summed E-state index contributed by atoms with van der Waals surface area (Å²) in [7, 11) is 0. The molecule has 0 saturated heterocycles. The van der Waals surface area contributed by atoms with Crippen molar-refractivity contribution in [2.24, 2.45) is 0 Å². The maximum atomic E-state index is 3.44. The number of nitrogens with one attached hydrogen (secondary N) is 1. The molecule has 2 atom stereocenters. The first kappa shape index (κ1) is 10.3. The van der Waals surface area contributed by atoms with Crippen LogP contribution in [0.3, 0.4) is 0 Å². The fourth-order valence-electron chi connectivity index (χ4n) is 1.54. The quantitative estimate of drug-likeness (QED) is 0.745. The van der Waals surface area contributed by atoms with Gasteiger partial charge in [0.15, 0.2) is 0 Å². The van der Waals surface area contributed by atoms with Gasteiger partial charge in [-0.15, -0.1) is 0 Å². The third-order valence-corrected chi connectivity index (χ3v) is 2.60. The van der Waals surface area contributed by atoms with Crippen molar-refractivity contribution < 1.29 is 0 Å². The van der Waals surface area contributed by atoms with E-state index >= 15 is 0 Å². The monoisotopic (exact) mass is 177 g/mol. The van der Waals surface area contributed by atoms with E-state index in [2.05, 4.69) is 56.4 Å². The maximum Gasteiger partial charge on any atom is 0.0105 e. The van der Waals surface area contributed by atoms with Crippen LogP contribution in [-0.4, -0.2) is 12.6 Å². The molecule has 1 N–H and O–H groups in total. The van der Waals surface area contributed by atoms with Crippen molar-refractivity contribution in [3.8, 4) is 0 Å². The molecule has 13 heavy (non-hydrogen) atoms. The Hall–Kier alpha value is -0.820. The predicted octanol–water partition coefficient (Wildman–Crippen LogP) is 2.79. The number of rotatable bonds is 4. The fraction of sp³-hybridized carbons (Fsp3) is 0.500. The van der Waals surface area contributed by atoms with Crippen molar-refractivity contribution in [1.82, 2.24) is 5.32 Å². The lowest BCUT2D eigenvalue weighted by Crippen LogP contribution is -2.30. The normalized spacial score (nSPS) is 15.3. The molecule has 0 aliphatic rings. The zero-order valence-corrected chi connectivity index (χ0v) is 8.75. The van der Waals surface area contributed by atoms with Crippen LogP contribution < -0.4 is 5.32 Å². The highest BCUT2D eigenvalue weighted by molar-refractivity contribution is 5.20. The highest BCUT2D eigenvalue weighted by atomic mass is 14.9. The minimum atomic E-state index is 0.549. The summed E-state index contributed by atoms with van der Waals surface area (Å²) in [4.78, 5) is 0. The molecule has 0 aromatic heterocycles. The lowest BCUT2D eigenvalue weighted by atomic mass is 9.94. The molecule has 0 aliphatic carbocycles. The van der Waals surface area contributed by atoms with E-state index in [4.69, 9.17) is 0 Å². The summed E-state index contributed by atoms with van der Waals surface area (Å²) in [5.74, 6) is 0.584. The second-order valence-electron chi connectivity index (χ2n) is 3.55. The summed E-state index contributed by atoms with van der Waals surface area (Å²) in [6.45, 7) is 7.69. The Labute approximate surface area is 81.2 Å². The standard InChI is InChI=1S/C12H19N/c1-4-13-11(3)10(2)12-8-6-5-7-9-12/h5-11,13H,4H2,1-3H3. The van der Waals surface area contributed by atoms with Crippen LogP contribution in [0.2, 0.25) is 0 Å². The van der Waals surface area contributed by atoms with Gasteiger partial charge in [-0.3, -0.25) is 0 Å². The van der Waals surface area contributed by atoms with E-state index in [0.29, 0.717) is 12.0 Å². The van der Waals surface area contributed by atoms with Gasteiger partial charge in [-0.1, -0.05) is 44.2 Å². The lowest BCUT2D eigenvalue weighted by Gasteiger charge is -2.20. The molecule has 0 heterocycles. The average Bonchev–Trinajstić information content (AvgIpc) is 2.18. The van der Waals surface area contributed by atoms with Gasteiger partial charge in [0, 0.05) is 6.04 Å². The minimum absolute atomic E-state index is 0.549. The van der Waals surface area contributed by atoms with Crippen LogP contribution >= 0.6 is 0 Å². The van der Waals surface area contributed by atoms with Crippen molar-refractivity contribution in [2.75, 3.05) is 6.54 Å². The molecule has 1 rings (SSSR count). The van der Waals surface area contributed by atoms with Crippen LogP contribution in [0.5, 0.6) is 0 Å². The van der Waals surface area contributed by atoms with Crippen LogP contribution in [0.25, 0.3) is 0 Å². The van der Waals surface area contributed by atoms with Crippen LogP contribution in [-0.2, 0) is 0 Å². The Kier molecular flexibility index (Phi) is 3.97. The Morgan fingerprint density at radius 1 is 1.15 bits per heavy atom. The molecular weight excluding hydrogens is 158 g/mol. The highest BCUT2D eigenvalue weighted by Gasteiger charge is 2.11. The van der Waals surface area contributed by atoms with E-state index in [0.717, 1.165) is 6.54 Å². The van der Waals surface area contributed by atoms with Gasteiger partial charge in [0.05, 0.1) is 0 Å². The van der Waals surface area contributed by atoms with Crippen molar-refractivity contribution >= 4 is 0 Å². The minimum Gasteiger partial charge on any atom is -0.314 e. The Morgan fingerprint density at radius 2 is 1.77 bits per heavy atom. The first-order chi connectivity index (χ1) is 6.25. The van der Waals surface area contributed by atoms with Crippen LogP contribution in [0.1, 0.15) is 32.3 Å². The van der Waals surface area contributed by atoms with Gasteiger partial charge < -0.3 is 5.32 Å². The molecule has 0 radical (unpaired) electrons.